The van der Waals surface area contributed by atoms with Crippen LogP contribution in [0.3, 0.4) is 0 Å². The molecule has 0 aromatic heterocycles. The molecule has 0 unspecified atom stereocenters. The SMILES string of the molecule is CCOC(=O)c1ccc(SC(C)(C)C)c(N)c1. The zero-order chi connectivity index (χ0) is 13.1. The Morgan fingerprint density at radius 3 is 2.53 bits per heavy atom. The van der Waals surface area contributed by atoms with Crippen molar-refractivity contribution in [1.82, 2.24) is 0 Å². The number of rotatable bonds is 3. The van der Waals surface area contributed by atoms with Gasteiger partial charge in [0.25, 0.3) is 0 Å². The van der Waals surface area contributed by atoms with Gasteiger partial charge in [-0.25, -0.2) is 4.79 Å². The number of esters is 1. The minimum absolute atomic E-state index is 0.0968. The second kappa shape index (κ2) is 5.45. The number of carbonyl (C=O) groups is 1. The van der Waals surface area contributed by atoms with Gasteiger partial charge in [0.15, 0.2) is 0 Å². The van der Waals surface area contributed by atoms with Crippen molar-refractivity contribution in [3.63, 3.8) is 0 Å². The molecule has 0 spiro atoms. The van der Waals surface area contributed by atoms with E-state index in [1.807, 2.05) is 6.07 Å². The quantitative estimate of drug-likeness (QED) is 0.510. The number of nitrogens with two attached hydrogens (primary N) is 1. The lowest BCUT2D eigenvalue weighted by atomic mass is 10.2. The van der Waals surface area contributed by atoms with Gasteiger partial charge in [-0.05, 0) is 25.1 Å². The van der Waals surface area contributed by atoms with Crippen LogP contribution in [0.5, 0.6) is 0 Å². The molecule has 0 bridgehead atoms. The van der Waals surface area contributed by atoms with Gasteiger partial charge in [-0.2, -0.15) is 0 Å². The van der Waals surface area contributed by atoms with Gasteiger partial charge in [0.1, 0.15) is 0 Å². The van der Waals surface area contributed by atoms with Gasteiger partial charge in [0.2, 0.25) is 0 Å². The third-order valence-corrected chi connectivity index (χ3v) is 3.14. The largest absolute Gasteiger partial charge is 0.462 e. The van der Waals surface area contributed by atoms with Crippen LogP contribution in [0.4, 0.5) is 5.69 Å². The van der Waals surface area contributed by atoms with Gasteiger partial charge in [-0.15, -0.1) is 11.8 Å². The number of ether oxygens (including phenoxy) is 1. The van der Waals surface area contributed by atoms with Gasteiger partial charge in [-0.1, -0.05) is 20.8 Å². The molecular formula is C13H19NO2S. The second-order valence-electron chi connectivity index (χ2n) is 4.69. The maximum Gasteiger partial charge on any atom is 0.338 e. The molecule has 0 fully saturated rings. The first-order valence-electron chi connectivity index (χ1n) is 5.59. The first kappa shape index (κ1) is 13.9. The first-order chi connectivity index (χ1) is 7.83. The summed E-state index contributed by atoms with van der Waals surface area (Å²) in [6.07, 6.45) is 0. The number of nitrogen functional groups attached to an aromatic ring is 1. The molecule has 94 valence electrons. The monoisotopic (exact) mass is 253 g/mol. The van der Waals surface area contributed by atoms with Crippen molar-refractivity contribution >= 4 is 23.4 Å². The Morgan fingerprint density at radius 1 is 1.41 bits per heavy atom. The number of carbonyl (C=O) groups excluding carboxylic acids is 1. The van der Waals surface area contributed by atoms with Crippen molar-refractivity contribution < 1.29 is 9.53 Å². The third kappa shape index (κ3) is 4.30. The molecule has 0 aliphatic rings. The van der Waals surface area contributed by atoms with Gasteiger partial charge in [-0.3, -0.25) is 0 Å². The zero-order valence-corrected chi connectivity index (χ0v) is 11.6. The molecule has 1 aromatic carbocycles. The van der Waals surface area contributed by atoms with Crippen molar-refractivity contribution in [1.29, 1.82) is 0 Å². The molecule has 0 radical (unpaired) electrons. The molecule has 0 aliphatic carbocycles. The van der Waals surface area contributed by atoms with Crippen molar-refractivity contribution in [3.8, 4) is 0 Å². The van der Waals surface area contributed by atoms with E-state index in [-0.39, 0.29) is 10.7 Å². The van der Waals surface area contributed by atoms with Crippen molar-refractivity contribution in [2.24, 2.45) is 0 Å². The Morgan fingerprint density at radius 2 is 2.06 bits per heavy atom. The summed E-state index contributed by atoms with van der Waals surface area (Å²) in [6.45, 7) is 8.52. The molecule has 0 heterocycles. The second-order valence-corrected chi connectivity index (χ2v) is 6.56. The van der Waals surface area contributed by atoms with E-state index < -0.39 is 0 Å². The van der Waals surface area contributed by atoms with E-state index in [0.29, 0.717) is 17.9 Å². The number of benzene rings is 1. The van der Waals surface area contributed by atoms with Crippen LogP contribution >= 0.6 is 11.8 Å². The van der Waals surface area contributed by atoms with Crippen LogP contribution in [0, 0.1) is 0 Å². The van der Waals surface area contributed by atoms with Crippen LogP contribution < -0.4 is 5.73 Å². The lowest BCUT2D eigenvalue weighted by molar-refractivity contribution is 0.0526. The van der Waals surface area contributed by atoms with Crippen LogP contribution in [-0.2, 0) is 4.74 Å². The summed E-state index contributed by atoms with van der Waals surface area (Å²) in [5.74, 6) is -0.327. The lowest BCUT2D eigenvalue weighted by Gasteiger charge is -2.19. The van der Waals surface area contributed by atoms with Crippen molar-refractivity contribution in [3.05, 3.63) is 23.8 Å². The Balaban J connectivity index is 2.90. The van der Waals surface area contributed by atoms with Crippen LogP contribution in [-0.4, -0.2) is 17.3 Å². The molecule has 2 N–H and O–H groups in total. The molecule has 0 saturated carbocycles. The number of hydrogen-bond donors (Lipinski definition) is 1. The van der Waals surface area contributed by atoms with Crippen molar-refractivity contribution in [2.45, 2.75) is 37.3 Å². The summed E-state index contributed by atoms with van der Waals surface area (Å²) < 4.78 is 5.02. The van der Waals surface area contributed by atoms with Gasteiger partial charge in [0, 0.05) is 15.3 Å². The van der Waals surface area contributed by atoms with Gasteiger partial charge >= 0.3 is 5.97 Å². The fourth-order valence-corrected chi connectivity index (χ4v) is 2.29. The molecule has 1 aromatic rings. The van der Waals surface area contributed by atoms with E-state index in [4.69, 9.17) is 10.5 Å². The highest BCUT2D eigenvalue weighted by Gasteiger charge is 2.15. The Hall–Kier alpha value is -1.16. The standard InChI is InChI=1S/C13H19NO2S/c1-5-16-12(15)9-6-7-11(10(14)8-9)17-13(2,3)4/h6-8H,5,14H2,1-4H3. The average Bonchev–Trinajstić information content (AvgIpc) is 2.19. The summed E-state index contributed by atoms with van der Waals surface area (Å²) in [4.78, 5) is 12.5. The third-order valence-electron chi connectivity index (χ3n) is 1.94. The number of anilines is 1. The number of hydrogen-bond acceptors (Lipinski definition) is 4. The normalized spacial score (nSPS) is 11.3. The van der Waals surface area contributed by atoms with Crippen LogP contribution in [0.2, 0.25) is 0 Å². The molecule has 0 amide bonds. The maximum absolute atomic E-state index is 11.5. The molecule has 17 heavy (non-hydrogen) atoms. The Bertz CT molecular complexity index is 410. The zero-order valence-electron chi connectivity index (χ0n) is 10.7. The van der Waals surface area contributed by atoms with E-state index in [1.165, 1.54) is 0 Å². The molecular weight excluding hydrogens is 234 g/mol. The molecule has 0 saturated heterocycles. The highest BCUT2D eigenvalue weighted by molar-refractivity contribution is 8.00. The molecule has 0 atom stereocenters. The summed E-state index contributed by atoms with van der Waals surface area (Å²) in [7, 11) is 0. The average molecular weight is 253 g/mol. The Kier molecular flexibility index (Phi) is 4.46. The summed E-state index contributed by atoms with van der Waals surface area (Å²) in [5.41, 5.74) is 7.06. The van der Waals surface area contributed by atoms with Crippen LogP contribution in [0.15, 0.2) is 23.1 Å². The van der Waals surface area contributed by atoms with Crippen LogP contribution in [0.1, 0.15) is 38.1 Å². The van der Waals surface area contributed by atoms with E-state index in [9.17, 15) is 4.79 Å². The molecule has 4 heteroatoms. The predicted octanol–water partition coefficient (Wildman–Crippen LogP) is 3.34. The van der Waals surface area contributed by atoms with Gasteiger partial charge in [0.05, 0.1) is 12.2 Å². The van der Waals surface area contributed by atoms with Crippen LogP contribution in [0.25, 0.3) is 0 Å². The number of thioether (sulfide) groups is 1. The van der Waals surface area contributed by atoms with E-state index >= 15 is 0 Å². The molecule has 1 rings (SSSR count). The minimum Gasteiger partial charge on any atom is -0.462 e. The van der Waals surface area contributed by atoms with Crippen molar-refractivity contribution in [2.75, 3.05) is 12.3 Å². The molecule has 0 aliphatic heterocycles. The maximum atomic E-state index is 11.5. The van der Waals surface area contributed by atoms with E-state index in [1.54, 1.807) is 30.8 Å². The van der Waals surface area contributed by atoms with E-state index in [2.05, 4.69) is 20.8 Å². The fraction of sp³-hybridized carbons (Fsp3) is 0.462. The lowest BCUT2D eigenvalue weighted by Crippen LogP contribution is -2.09. The van der Waals surface area contributed by atoms with E-state index in [0.717, 1.165) is 4.90 Å². The first-order valence-corrected chi connectivity index (χ1v) is 6.41. The Labute approximate surface area is 107 Å². The predicted molar refractivity (Wildman–Crippen MR) is 72.4 cm³/mol. The molecule has 3 nitrogen and oxygen atoms in total. The van der Waals surface area contributed by atoms with Gasteiger partial charge < -0.3 is 10.5 Å². The smallest absolute Gasteiger partial charge is 0.338 e. The highest BCUT2D eigenvalue weighted by atomic mass is 32.2. The summed E-state index contributed by atoms with van der Waals surface area (Å²) >= 11 is 1.68. The fourth-order valence-electron chi connectivity index (χ4n) is 1.31. The highest BCUT2D eigenvalue weighted by Crippen LogP contribution is 2.35. The topological polar surface area (TPSA) is 52.3 Å². The summed E-state index contributed by atoms with van der Waals surface area (Å²) in [6, 6.07) is 5.30. The minimum atomic E-state index is -0.327. The summed E-state index contributed by atoms with van der Waals surface area (Å²) in [5, 5.41) is 0.